The van der Waals surface area contributed by atoms with E-state index < -0.39 is 43.6 Å². The monoisotopic (exact) mass is 742 g/mol. The maximum absolute atomic E-state index is 13.4. The van der Waals surface area contributed by atoms with Gasteiger partial charge in [0.05, 0.1) is 26.7 Å². The van der Waals surface area contributed by atoms with E-state index in [2.05, 4.69) is 0 Å². The van der Waals surface area contributed by atoms with Crippen molar-refractivity contribution in [1.82, 2.24) is 0 Å². The minimum Gasteiger partial charge on any atom is -0.497 e. The number of benzene rings is 5. The van der Waals surface area contributed by atoms with Crippen LogP contribution in [0.3, 0.4) is 0 Å². The molecule has 0 spiro atoms. The highest BCUT2D eigenvalue weighted by Crippen LogP contribution is 2.62. The predicted molar refractivity (Wildman–Crippen MR) is 195 cm³/mol. The fourth-order valence-corrected chi connectivity index (χ4v) is 8.67. The number of hydrogen-bond donors (Lipinski definition) is 0. The van der Waals surface area contributed by atoms with Crippen LogP contribution in [0.15, 0.2) is 109 Å². The molecule has 7 rings (SSSR count). The molecule has 0 saturated carbocycles. The molecule has 2 heterocycles. The van der Waals surface area contributed by atoms with E-state index in [4.69, 9.17) is 27.3 Å². The summed E-state index contributed by atoms with van der Waals surface area (Å²) in [6.45, 7) is 3.85. The van der Waals surface area contributed by atoms with Crippen molar-refractivity contribution in [3.8, 4) is 23.0 Å². The molecule has 270 valence electrons. The van der Waals surface area contributed by atoms with E-state index in [0.29, 0.717) is 44.9 Å². The Morgan fingerprint density at radius 1 is 0.519 bits per heavy atom. The van der Waals surface area contributed by atoms with Crippen molar-refractivity contribution in [3.05, 3.63) is 154 Å². The van der Waals surface area contributed by atoms with Crippen LogP contribution < -0.4 is 18.9 Å². The molecule has 0 saturated heterocycles. The SMILES string of the molecule is COc1ccc(C2Oc3cc4c(cc3C2(OS(C)(=O)=O)c2ccc(C)cc2)C(OS(C)(=O)=O)(c2ccc(C)cc2)C(c2ccc(OC)cc2)O4)cc1. The molecule has 0 aromatic heterocycles. The Morgan fingerprint density at radius 3 is 1.17 bits per heavy atom. The van der Waals surface area contributed by atoms with Crippen LogP contribution in [0, 0.1) is 13.8 Å². The molecule has 0 N–H and O–H groups in total. The summed E-state index contributed by atoms with van der Waals surface area (Å²) >= 11 is 0. The lowest BCUT2D eigenvalue weighted by Crippen LogP contribution is -2.39. The van der Waals surface area contributed by atoms with Crippen LogP contribution in [0.1, 0.15) is 56.7 Å². The zero-order chi connectivity index (χ0) is 37.1. The zero-order valence-electron chi connectivity index (χ0n) is 29.4. The zero-order valence-corrected chi connectivity index (χ0v) is 31.1. The summed E-state index contributed by atoms with van der Waals surface area (Å²) in [4.78, 5) is 0. The van der Waals surface area contributed by atoms with Gasteiger partial charge in [0, 0.05) is 17.2 Å². The minimum atomic E-state index is -4.18. The van der Waals surface area contributed by atoms with Crippen molar-refractivity contribution in [2.75, 3.05) is 26.7 Å². The van der Waals surface area contributed by atoms with Gasteiger partial charge in [-0.2, -0.15) is 16.8 Å². The highest BCUT2D eigenvalue weighted by atomic mass is 32.2. The Balaban J connectivity index is 1.56. The third-order valence-electron chi connectivity index (χ3n) is 9.47. The van der Waals surface area contributed by atoms with Crippen molar-refractivity contribution in [3.63, 3.8) is 0 Å². The summed E-state index contributed by atoms with van der Waals surface area (Å²) in [6.07, 6.45) is -0.0531. The fourth-order valence-electron chi connectivity index (χ4n) is 7.17. The second kappa shape index (κ2) is 13.0. The number of aryl methyl sites for hydroxylation is 2. The maximum atomic E-state index is 13.4. The van der Waals surface area contributed by atoms with Crippen LogP contribution in [-0.2, 0) is 39.8 Å². The van der Waals surface area contributed by atoms with E-state index in [-0.39, 0.29) is 11.5 Å². The summed E-state index contributed by atoms with van der Waals surface area (Å²) < 4.78 is 90.2. The van der Waals surface area contributed by atoms with Crippen molar-refractivity contribution >= 4 is 20.2 Å². The van der Waals surface area contributed by atoms with E-state index in [1.54, 1.807) is 99.1 Å². The third-order valence-corrected chi connectivity index (χ3v) is 10.6. The van der Waals surface area contributed by atoms with E-state index in [0.717, 1.165) is 23.6 Å². The first-order valence-electron chi connectivity index (χ1n) is 16.4. The summed E-state index contributed by atoms with van der Waals surface area (Å²) in [5, 5.41) is 0. The van der Waals surface area contributed by atoms with Crippen LogP contribution in [0.2, 0.25) is 0 Å². The molecule has 4 unspecified atom stereocenters. The summed E-state index contributed by atoms with van der Waals surface area (Å²) in [7, 11) is -5.26. The molecule has 0 amide bonds. The highest BCUT2D eigenvalue weighted by Gasteiger charge is 2.60. The van der Waals surface area contributed by atoms with Gasteiger partial charge in [0.25, 0.3) is 20.2 Å². The van der Waals surface area contributed by atoms with Crippen LogP contribution in [-0.4, -0.2) is 43.6 Å². The number of methoxy groups -OCH3 is 2. The van der Waals surface area contributed by atoms with Gasteiger partial charge in [-0.3, -0.25) is 0 Å². The molecule has 4 atom stereocenters. The van der Waals surface area contributed by atoms with Gasteiger partial charge < -0.3 is 18.9 Å². The lowest BCUT2D eigenvalue weighted by Gasteiger charge is -2.36. The summed E-state index contributed by atoms with van der Waals surface area (Å²) in [5.74, 6) is 1.77. The van der Waals surface area contributed by atoms with Gasteiger partial charge in [-0.25, -0.2) is 8.37 Å². The topological polar surface area (TPSA) is 124 Å². The largest absolute Gasteiger partial charge is 0.497 e. The van der Waals surface area contributed by atoms with Crippen molar-refractivity contribution in [1.29, 1.82) is 0 Å². The second-order valence-corrected chi connectivity index (χ2v) is 16.3. The molecule has 10 nitrogen and oxygen atoms in total. The van der Waals surface area contributed by atoms with E-state index in [9.17, 15) is 16.8 Å². The average molecular weight is 743 g/mol. The average Bonchev–Trinajstić information content (AvgIpc) is 3.59. The first-order valence-corrected chi connectivity index (χ1v) is 20.1. The number of rotatable bonds is 10. The van der Waals surface area contributed by atoms with Gasteiger partial charge in [0.15, 0.2) is 23.4 Å². The molecule has 0 radical (unpaired) electrons. The summed E-state index contributed by atoms with van der Waals surface area (Å²) in [6, 6.07) is 32.2. The molecule has 52 heavy (non-hydrogen) atoms. The molecule has 0 bridgehead atoms. The Hall–Kier alpha value is -4.88. The number of ether oxygens (including phenoxy) is 4. The molecular weight excluding hydrogens is 705 g/mol. The second-order valence-electron chi connectivity index (χ2n) is 13.2. The molecule has 2 aliphatic rings. The van der Waals surface area contributed by atoms with Crippen LogP contribution in [0.5, 0.6) is 23.0 Å². The molecule has 5 aromatic carbocycles. The van der Waals surface area contributed by atoms with E-state index in [1.807, 2.05) is 38.1 Å². The van der Waals surface area contributed by atoms with Crippen molar-refractivity contribution in [2.45, 2.75) is 37.3 Å². The minimum absolute atomic E-state index is 0.288. The molecule has 0 fully saturated rings. The molecular formula is C40H38O10S2. The van der Waals surface area contributed by atoms with Crippen LogP contribution in [0.25, 0.3) is 0 Å². The first kappa shape index (κ1) is 35.5. The predicted octanol–water partition coefficient (Wildman–Crippen LogP) is 7.03. The normalized spacial score (nSPS) is 22.2. The van der Waals surface area contributed by atoms with Gasteiger partial charge in [-0.05, 0) is 66.4 Å². The molecule has 12 heteroatoms. The summed E-state index contributed by atoms with van der Waals surface area (Å²) in [5.41, 5.74) is 1.24. The van der Waals surface area contributed by atoms with Crippen molar-refractivity contribution in [2.24, 2.45) is 0 Å². The van der Waals surface area contributed by atoms with Gasteiger partial charge in [0.2, 0.25) is 0 Å². The van der Waals surface area contributed by atoms with E-state index in [1.165, 1.54) is 0 Å². The van der Waals surface area contributed by atoms with Gasteiger partial charge in [-0.1, -0.05) is 83.9 Å². The highest BCUT2D eigenvalue weighted by molar-refractivity contribution is 7.86. The Labute approximate surface area is 304 Å². The fraction of sp³-hybridized carbons (Fsp3) is 0.250. The molecule has 2 aliphatic heterocycles. The number of fused-ring (bicyclic) bond motifs is 2. The van der Waals surface area contributed by atoms with Crippen molar-refractivity contribution < 1.29 is 44.1 Å². The first-order chi connectivity index (χ1) is 24.7. The lowest BCUT2D eigenvalue weighted by molar-refractivity contribution is 0.0164. The third kappa shape index (κ3) is 6.19. The Bertz CT molecular complexity index is 2180. The van der Waals surface area contributed by atoms with Gasteiger partial charge in [-0.15, -0.1) is 0 Å². The maximum Gasteiger partial charge on any atom is 0.265 e. The molecule has 5 aromatic rings. The Kier molecular flexibility index (Phi) is 8.85. The quantitative estimate of drug-likeness (QED) is 0.138. The molecule has 0 aliphatic carbocycles. The van der Waals surface area contributed by atoms with Crippen LogP contribution in [0.4, 0.5) is 0 Å². The van der Waals surface area contributed by atoms with Crippen LogP contribution >= 0.6 is 0 Å². The van der Waals surface area contributed by atoms with Gasteiger partial charge in [0.1, 0.15) is 23.0 Å². The Morgan fingerprint density at radius 2 is 0.865 bits per heavy atom. The smallest absolute Gasteiger partial charge is 0.265 e. The number of hydrogen-bond acceptors (Lipinski definition) is 10. The standard InChI is InChI=1S/C40H38O10S2/c1-25-7-15-29(16-8-25)39(49-51(5,41)42)33-23-34-36(24-35(33)47-37(39)27-11-19-31(45-3)20-12-27)48-38(28-13-21-32(46-4)22-14-28)40(34,50-52(6,43)44)30-17-9-26(2)10-18-30/h7-24,37-38H,1-6H3. The van der Waals surface area contributed by atoms with Gasteiger partial charge >= 0.3 is 0 Å². The lowest BCUT2D eigenvalue weighted by atomic mass is 9.76. The van der Waals surface area contributed by atoms with E-state index >= 15 is 0 Å².